The van der Waals surface area contributed by atoms with E-state index in [1.165, 1.54) is 25.3 Å². The maximum Gasteiger partial charge on any atom is 0.340 e. The molecule has 90 valence electrons. The molecule has 2 rings (SSSR count). The number of aromatic carboxylic acids is 1. The molecule has 0 radical (unpaired) electrons. The van der Waals surface area contributed by atoms with Crippen LogP contribution in [0.5, 0.6) is 0 Å². The van der Waals surface area contributed by atoms with Gasteiger partial charge in [-0.25, -0.2) is 9.63 Å². The van der Waals surface area contributed by atoms with Gasteiger partial charge in [0.05, 0.1) is 10.5 Å². The highest BCUT2D eigenvalue weighted by Gasteiger charge is 2.30. The highest BCUT2D eigenvalue weighted by Crippen LogP contribution is 2.33. The molecule has 0 aromatic heterocycles. The Morgan fingerprint density at radius 1 is 1.53 bits per heavy atom. The van der Waals surface area contributed by atoms with Gasteiger partial charge in [0.1, 0.15) is 5.69 Å². The van der Waals surface area contributed by atoms with Crippen LogP contribution in [0, 0.1) is 4.91 Å². The first-order valence-corrected chi connectivity index (χ1v) is 5.27. The molecule has 6 heteroatoms. The first-order chi connectivity index (χ1) is 8.13. The monoisotopic (exact) mass is 237 g/mol. The average molecular weight is 237 g/mol. The number of nitrogens with zero attached hydrogens (tertiary/aromatic N) is 1. The Morgan fingerprint density at radius 3 is 2.76 bits per heavy atom. The third-order valence-corrected chi connectivity index (χ3v) is 2.56. The van der Waals surface area contributed by atoms with Gasteiger partial charge in [0.25, 0.3) is 4.92 Å². The van der Waals surface area contributed by atoms with E-state index in [9.17, 15) is 9.70 Å². The highest BCUT2D eigenvalue weighted by molar-refractivity contribution is 5.96. The summed E-state index contributed by atoms with van der Waals surface area (Å²) >= 11 is 0. The van der Waals surface area contributed by atoms with Gasteiger partial charge in [0, 0.05) is 12.1 Å². The average Bonchev–Trinajstić information content (AvgIpc) is 3.12. The van der Waals surface area contributed by atoms with Gasteiger partial charge in [-0.3, -0.25) is 0 Å². The number of hydrogen-bond donors (Lipinski definition) is 2. The smallest absolute Gasteiger partial charge is 0.340 e. The maximum absolute atomic E-state index is 11.5. The summed E-state index contributed by atoms with van der Waals surface area (Å²) in [5, 5.41) is 12.1. The van der Waals surface area contributed by atoms with E-state index in [2.05, 4.69) is 10.2 Å². The molecule has 0 saturated heterocycles. The van der Waals surface area contributed by atoms with Gasteiger partial charge >= 0.3 is 11.7 Å². The van der Waals surface area contributed by atoms with Gasteiger partial charge in [0.15, 0.2) is 7.11 Å². The molecule has 0 bridgehead atoms. The van der Waals surface area contributed by atoms with E-state index in [-0.39, 0.29) is 17.3 Å². The Balaban J connectivity index is 2.45. The van der Waals surface area contributed by atoms with Crippen LogP contribution in [-0.2, 0) is 4.84 Å². The van der Waals surface area contributed by atoms with Crippen molar-refractivity contribution in [2.24, 2.45) is 0 Å². The lowest BCUT2D eigenvalue weighted by molar-refractivity contribution is -0.736. The highest BCUT2D eigenvalue weighted by atomic mass is 16.8. The molecule has 1 saturated carbocycles. The van der Waals surface area contributed by atoms with E-state index in [0.717, 1.165) is 12.8 Å². The maximum atomic E-state index is 11.5. The molecule has 6 nitrogen and oxygen atoms in total. The molecule has 0 unspecified atom stereocenters. The molecular weight excluding hydrogens is 224 g/mol. The minimum Gasteiger partial charge on any atom is -0.478 e. The third kappa shape index (κ3) is 2.35. The first kappa shape index (κ1) is 11.4. The van der Waals surface area contributed by atoms with Gasteiger partial charge in [0.2, 0.25) is 0 Å². The number of carboxylic acid groups (broad SMARTS) is 1. The van der Waals surface area contributed by atoms with Crippen LogP contribution in [-0.4, -0.2) is 29.2 Å². The van der Waals surface area contributed by atoms with Crippen LogP contribution in [0.2, 0.25) is 0 Å². The summed E-state index contributed by atoms with van der Waals surface area (Å²) < 4.78 is 0. The fourth-order valence-corrected chi connectivity index (χ4v) is 1.55. The minimum absolute atomic E-state index is 0.0762. The fourth-order valence-electron chi connectivity index (χ4n) is 1.55. The molecule has 0 spiro atoms. The van der Waals surface area contributed by atoms with E-state index in [1.807, 2.05) is 0 Å². The SMILES string of the molecule is CO[N+](=O)c1cccc(C(=O)O)c1NC1CC1. The molecule has 1 aromatic rings. The molecule has 1 aliphatic rings. The molecule has 0 heterocycles. The fraction of sp³-hybridized carbons (Fsp3) is 0.364. The lowest BCUT2D eigenvalue weighted by Gasteiger charge is -2.07. The van der Waals surface area contributed by atoms with E-state index in [0.29, 0.717) is 10.6 Å². The second kappa shape index (κ2) is 4.40. The second-order valence-corrected chi connectivity index (χ2v) is 3.86. The zero-order valence-corrected chi connectivity index (χ0v) is 9.34. The number of benzene rings is 1. The van der Waals surface area contributed by atoms with Crippen LogP contribution < -0.4 is 5.32 Å². The first-order valence-electron chi connectivity index (χ1n) is 5.27. The molecule has 2 N–H and O–H groups in total. The number of anilines is 1. The summed E-state index contributed by atoms with van der Waals surface area (Å²) in [7, 11) is 1.24. The molecule has 0 aliphatic heterocycles. The largest absolute Gasteiger partial charge is 0.478 e. The Bertz CT molecular complexity index is 469. The number of nitrogens with one attached hydrogen (secondary N) is 1. The quantitative estimate of drug-likeness (QED) is 0.765. The summed E-state index contributed by atoms with van der Waals surface area (Å²) in [6.07, 6.45) is 1.97. The topological polar surface area (TPSA) is 78.6 Å². The van der Waals surface area contributed by atoms with Gasteiger partial charge < -0.3 is 10.4 Å². The van der Waals surface area contributed by atoms with Crippen molar-refractivity contribution < 1.29 is 19.7 Å². The lowest BCUT2D eigenvalue weighted by Crippen LogP contribution is -2.11. The normalized spacial score (nSPS) is 14.2. The van der Waals surface area contributed by atoms with Crippen LogP contribution in [0.1, 0.15) is 23.2 Å². The predicted octanol–water partition coefficient (Wildman–Crippen LogP) is 1.93. The van der Waals surface area contributed by atoms with Crippen LogP contribution >= 0.6 is 0 Å². The minimum atomic E-state index is -1.07. The molecular formula is C11H13N2O4+. The van der Waals surface area contributed by atoms with Crippen LogP contribution in [0.4, 0.5) is 11.4 Å². The molecule has 1 aliphatic carbocycles. The van der Waals surface area contributed by atoms with Gasteiger partial charge in [-0.15, -0.1) is 0 Å². The van der Waals surface area contributed by atoms with Crippen molar-refractivity contribution >= 4 is 17.3 Å². The Kier molecular flexibility index (Phi) is 2.95. The molecule has 17 heavy (non-hydrogen) atoms. The lowest BCUT2D eigenvalue weighted by atomic mass is 10.1. The van der Waals surface area contributed by atoms with Gasteiger partial charge in [-0.05, 0) is 18.9 Å². The summed E-state index contributed by atoms with van der Waals surface area (Å²) in [5.74, 6) is -1.07. The van der Waals surface area contributed by atoms with Crippen molar-refractivity contribution in [2.75, 3.05) is 12.4 Å². The molecule has 0 amide bonds. The van der Waals surface area contributed by atoms with Gasteiger partial charge in [-0.2, -0.15) is 0 Å². The zero-order valence-electron chi connectivity index (χ0n) is 9.34. The van der Waals surface area contributed by atoms with Crippen LogP contribution in [0.3, 0.4) is 0 Å². The van der Waals surface area contributed by atoms with Crippen molar-refractivity contribution in [3.8, 4) is 0 Å². The Morgan fingerprint density at radius 2 is 2.24 bits per heavy atom. The van der Waals surface area contributed by atoms with E-state index in [1.54, 1.807) is 0 Å². The Labute approximate surface area is 97.7 Å². The van der Waals surface area contributed by atoms with Crippen molar-refractivity contribution in [2.45, 2.75) is 18.9 Å². The van der Waals surface area contributed by atoms with Crippen molar-refractivity contribution in [1.29, 1.82) is 0 Å². The van der Waals surface area contributed by atoms with Crippen molar-refractivity contribution in [3.63, 3.8) is 0 Å². The summed E-state index contributed by atoms with van der Waals surface area (Å²) in [4.78, 5) is 27.4. The summed E-state index contributed by atoms with van der Waals surface area (Å²) in [6.45, 7) is 0. The standard InChI is InChI=1S/C11H12N2O4/c1-17-13(16)9-4-2-3-8(11(14)15)10(9)12-7-5-6-7/h2-4,7H,5-6H2,1H3,(H-,12,14,15,16)/p+1. The van der Waals surface area contributed by atoms with Crippen LogP contribution in [0.25, 0.3) is 0 Å². The zero-order chi connectivity index (χ0) is 12.4. The number of carboxylic acids is 1. The number of para-hydroxylation sites is 1. The van der Waals surface area contributed by atoms with E-state index in [4.69, 9.17) is 5.11 Å². The van der Waals surface area contributed by atoms with Crippen molar-refractivity contribution in [1.82, 2.24) is 0 Å². The second-order valence-electron chi connectivity index (χ2n) is 3.86. The molecule has 0 atom stereocenters. The summed E-state index contributed by atoms with van der Waals surface area (Å²) in [6, 6.07) is 4.74. The number of carbonyl (C=O) groups is 1. The van der Waals surface area contributed by atoms with Gasteiger partial charge in [-0.1, -0.05) is 6.07 Å². The van der Waals surface area contributed by atoms with Crippen LogP contribution in [0.15, 0.2) is 18.2 Å². The van der Waals surface area contributed by atoms with E-state index >= 15 is 0 Å². The predicted molar refractivity (Wildman–Crippen MR) is 60.3 cm³/mol. The Hall–Kier alpha value is -2.11. The number of hydrogen-bond acceptors (Lipinski definition) is 4. The van der Waals surface area contributed by atoms with E-state index < -0.39 is 5.97 Å². The summed E-state index contributed by atoms with van der Waals surface area (Å²) in [5.41, 5.74) is 0.575. The molecule has 1 fully saturated rings. The molecule has 1 aromatic carbocycles. The van der Waals surface area contributed by atoms with Crippen molar-refractivity contribution in [3.05, 3.63) is 28.7 Å². The number of rotatable bonds is 5. The third-order valence-electron chi connectivity index (χ3n) is 2.56.